The van der Waals surface area contributed by atoms with E-state index in [4.69, 9.17) is 0 Å². The minimum atomic E-state index is -4.24. The number of quaternary nitrogens is 1. The monoisotopic (exact) mass is 574 g/mol. The van der Waals surface area contributed by atoms with Crippen molar-refractivity contribution < 1.29 is 17.5 Å². The molecule has 0 atom stereocenters. The average Bonchev–Trinajstić information content (AvgIpc) is 2.89. The van der Waals surface area contributed by atoms with Crippen molar-refractivity contribution in [2.75, 3.05) is 25.5 Å². The van der Waals surface area contributed by atoms with Gasteiger partial charge in [-0.3, -0.25) is 0 Å². The average molecular weight is 574 g/mol. The summed E-state index contributed by atoms with van der Waals surface area (Å²) in [4.78, 5) is 0. The Kier molecular flexibility index (Phi) is 27.9. The zero-order chi connectivity index (χ0) is 28.9. The smallest absolute Gasteiger partial charge is 0.169 e. The third-order valence-corrected chi connectivity index (χ3v) is 9.50. The van der Waals surface area contributed by atoms with Crippen LogP contribution in [-0.4, -0.2) is 43.0 Å². The molecule has 4 nitrogen and oxygen atoms in total. The van der Waals surface area contributed by atoms with Gasteiger partial charge in [-0.1, -0.05) is 156 Å². The molecular weight excluding hydrogens is 502 g/mol. The van der Waals surface area contributed by atoms with Gasteiger partial charge in [0.1, 0.15) is 10.1 Å². The predicted molar refractivity (Wildman–Crippen MR) is 171 cm³/mol. The summed E-state index contributed by atoms with van der Waals surface area (Å²) in [6.45, 7) is 9.38. The Morgan fingerprint density at radius 1 is 0.385 bits per heavy atom. The van der Waals surface area contributed by atoms with Crippen molar-refractivity contribution in [3.63, 3.8) is 0 Å². The van der Waals surface area contributed by atoms with Crippen LogP contribution in [0.2, 0.25) is 0 Å². The zero-order valence-corrected chi connectivity index (χ0v) is 27.8. The lowest BCUT2D eigenvalue weighted by molar-refractivity contribution is -0.918. The first kappa shape index (κ1) is 38.9. The van der Waals surface area contributed by atoms with Crippen LogP contribution in [0.4, 0.5) is 0 Å². The van der Waals surface area contributed by atoms with Gasteiger partial charge in [-0.2, -0.15) is 0 Å². The highest BCUT2D eigenvalue weighted by Gasteiger charge is 2.28. The number of rotatable bonds is 32. The third-order valence-electron chi connectivity index (χ3n) is 8.64. The van der Waals surface area contributed by atoms with Gasteiger partial charge in [0, 0.05) is 0 Å². The zero-order valence-electron chi connectivity index (χ0n) is 27.0. The van der Waals surface area contributed by atoms with Crippen molar-refractivity contribution in [2.24, 2.45) is 0 Å². The summed E-state index contributed by atoms with van der Waals surface area (Å²) in [5.74, 6) is -0.196. The molecule has 0 aromatic carbocycles. The molecular formula is C34H71NO3S. The molecule has 0 aromatic heterocycles. The molecule has 0 aliphatic heterocycles. The quantitative estimate of drug-likeness (QED) is 0.0457. The largest absolute Gasteiger partial charge is 0.744 e. The van der Waals surface area contributed by atoms with Gasteiger partial charge < -0.3 is 9.04 Å². The summed E-state index contributed by atoms with van der Waals surface area (Å²) in [6.07, 6.45) is 34.3. The second-order valence-corrected chi connectivity index (χ2v) is 14.1. The standard InChI is InChI=1S/C34H71NO3S/c1-4-7-10-13-16-19-22-25-28-31-35(34-39(36,37)38,32-29-26-23-20-17-14-11-8-5-2)33-30-27-24-21-18-15-12-9-6-3/h4-34H2,1-3H3. The van der Waals surface area contributed by atoms with Crippen LogP contribution in [0.5, 0.6) is 0 Å². The number of nitrogens with zero attached hydrogens (tertiary/aromatic N) is 1. The highest BCUT2D eigenvalue weighted by Crippen LogP contribution is 2.20. The Bertz CT molecular complexity index is 538. The molecule has 0 unspecified atom stereocenters. The molecule has 0 radical (unpaired) electrons. The van der Waals surface area contributed by atoms with E-state index in [0.717, 1.165) is 38.9 Å². The van der Waals surface area contributed by atoms with Gasteiger partial charge in [-0.05, 0) is 38.5 Å². The molecule has 0 saturated carbocycles. The van der Waals surface area contributed by atoms with Crippen molar-refractivity contribution in [2.45, 2.75) is 194 Å². The second kappa shape index (κ2) is 28.0. The number of unbranched alkanes of at least 4 members (excludes halogenated alkanes) is 24. The van der Waals surface area contributed by atoms with Gasteiger partial charge in [-0.25, -0.2) is 8.42 Å². The number of hydrogen-bond donors (Lipinski definition) is 0. The van der Waals surface area contributed by atoms with E-state index < -0.39 is 10.1 Å². The van der Waals surface area contributed by atoms with Crippen molar-refractivity contribution in [3.05, 3.63) is 0 Å². The second-order valence-electron chi connectivity index (χ2n) is 12.7. The van der Waals surface area contributed by atoms with Crippen LogP contribution in [-0.2, 0) is 10.1 Å². The molecule has 0 N–H and O–H groups in total. The van der Waals surface area contributed by atoms with Crippen molar-refractivity contribution in [1.29, 1.82) is 0 Å². The van der Waals surface area contributed by atoms with Crippen molar-refractivity contribution in [3.8, 4) is 0 Å². The normalized spacial score (nSPS) is 12.4. The maximum Gasteiger partial charge on any atom is 0.169 e. The van der Waals surface area contributed by atoms with Crippen molar-refractivity contribution in [1.82, 2.24) is 0 Å². The molecule has 0 aromatic rings. The Morgan fingerprint density at radius 3 is 0.795 bits per heavy atom. The first-order valence-electron chi connectivity index (χ1n) is 17.7. The minimum absolute atomic E-state index is 0.196. The lowest BCUT2D eigenvalue weighted by atomic mass is 10.0. The number of hydrogen-bond acceptors (Lipinski definition) is 3. The summed E-state index contributed by atoms with van der Waals surface area (Å²) in [5.41, 5.74) is 0. The fourth-order valence-corrected chi connectivity index (χ4v) is 7.20. The van der Waals surface area contributed by atoms with Gasteiger partial charge in [0.15, 0.2) is 5.88 Å². The highest BCUT2D eigenvalue weighted by atomic mass is 32.2. The summed E-state index contributed by atoms with van der Waals surface area (Å²) in [6, 6.07) is 0. The van der Waals surface area contributed by atoms with Crippen molar-refractivity contribution >= 4 is 10.1 Å². The van der Waals surface area contributed by atoms with E-state index in [1.807, 2.05) is 0 Å². The van der Waals surface area contributed by atoms with Gasteiger partial charge in [-0.15, -0.1) is 0 Å². The van der Waals surface area contributed by atoms with E-state index in [2.05, 4.69) is 20.8 Å². The van der Waals surface area contributed by atoms with E-state index in [1.165, 1.54) is 154 Å². The van der Waals surface area contributed by atoms with Crippen LogP contribution >= 0.6 is 0 Å². The SMILES string of the molecule is CCCCCCCCCCC[N+](CCCCCCCCCCC)(CCCCCCCCCCC)CS(=O)(=O)[O-]. The van der Waals surface area contributed by atoms with E-state index in [1.54, 1.807) is 0 Å². The first-order chi connectivity index (χ1) is 18.9. The lowest BCUT2D eigenvalue weighted by Gasteiger charge is -2.39. The molecule has 0 aliphatic carbocycles. The molecule has 0 rings (SSSR count). The molecule has 0 saturated heterocycles. The third kappa shape index (κ3) is 27.8. The molecule has 236 valence electrons. The van der Waals surface area contributed by atoms with Gasteiger partial charge in [0.05, 0.1) is 19.6 Å². The lowest BCUT2D eigenvalue weighted by Crippen LogP contribution is -2.53. The maximum absolute atomic E-state index is 12.1. The molecule has 0 fully saturated rings. The highest BCUT2D eigenvalue weighted by molar-refractivity contribution is 7.85. The van der Waals surface area contributed by atoms with Crippen LogP contribution in [0.1, 0.15) is 194 Å². The predicted octanol–water partition coefficient (Wildman–Crippen LogP) is 10.9. The fourth-order valence-electron chi connectivity index (χ4n) is 6.14. The maximum atomic E-state index is 12.1. The minimum Gasteiger partial charge on any atom is -0.744 e. The summed E-state index contributed by atoms with van der Waals surface area (Å²) in [5, 5.41) is 0. The molecule has 0 bridgehead atoms. The van der Waals surface area contributed by atoms with E-state index in [9.17, 15) is 13.0 Å². The Labute approximate surface area is 246 Å². The van der Waals surface area contributed by atoms with Gasteiger partial charge >= 0.3 is 0 Å². The van der Waals surface area contributed by atoms with E-state index in [0.29, 0.717) is 4.48 Å². The van der Waals surface area contributed by atoms with E-state index in [-0.39, 0.29) is 5.88 Å². The Hall–Kier alpha value is -0.130. The topological polar surface area (TPSA) is 57.2 Å². The van der Waals surface area contributed by atoms with Crippen LogP contribution in [0.3, 0.4) is 0 Å². The fraction of sp³-hybridized carbons (Fsp3) is 1.00. The van der Waals surface area contributed by atoms with Gasteiger partial charge in [0.2, 0.25) is 0 Å². The Morgan fingerprint density at radius 2 is 0.590 bits per heavy atom. The van der Waals surface area contributed by atoms with Crippen LogP contribution < -0.4 is 0 Å². The van der Waals surface area contributed by atoms with Crippen LogP contribution in [0, 0.1) is 0 Å². The summed E-state index contributed by atoms with van der Waals surface area (Å²) >= 11 is 0. The Balaban J connectivity index is 4.70. The molecule has 39 heavy (non-hydrogen) atoms. The molecule has 5 heteroatoms. The molecule has 0 spiro atoms. The van der Waals surface area contributed by atoms with Gasteiger partial charge in [0.25, 0.3) is 0 Å². The van der Waals surface area contributed by atoms with Crippen LogP contribution in [0.25, 0.3) is 0 Å². The molecule has 0 amide bonds. The molecule has 0 heterocycles. The summed E-state index contributed by atoms with van der Waals surface area (Å²) in [7, 11) is -4.24. The van der Waals surface area contributed by atoms with E-state index >= 15 is 0 Å². The van der Waals surface area contributed by atoms with Crippen LogP contribution in [0.15, 0.2) is 0 Å². The summed E-state index contributed by atoms with van der Waals surface area (Å²) < 4.78 is 36.7. The first-order valence-corrected chi connectivity index (χ1v) is 19.3. The molecule has 0 aliphatic rings.